The van der Waals surface area contributed by atoms with Crippen LogP contribution in [0.15, 0.2) is 0 Å². The number of carbonyl (C=O) groups excluding carboxylic acids is 1. The predicted octanol–water partition coefficient (Wildman–Crippen LogP) is 1.44. The highest BCUT2D eigenvalue weighted by Gasteiger charge is 2.22. The van der Waals surface area contributed by atoms with Gasteiger partial charge in [-0.2, -0.15) is 0 Å². The minimum atomic E-state index is -3.26. The summed E-state index contributed by atoms with van der Waals surface area (Å²) in [5.41, 5.74) is 0. The van der Waals surface area contributed by atoms with Gasteiger partial charge in [-0.05, 0) is 38.0 Å². The third-order valence-corrected chi connectivity index (χ3v) is 4.90. The molecule has 0 heterocycles. The van der Waals surface area contributed by atoms with E-state index < -0.39 is 10.0 Å². The standard InChI is InChI=1S/C12H23NO4S/c1-10-5-7-11(8-6-10)13-18(15,16)9-3-4-12(14)17-2/h10-11,13H,3-9H2,1-2H3. The summed E-state index contributed by atoms with van der Waals surface area (Å²) in [6.45, 7) is 2.20. The molecule has 0 aromatic carbocycles. The molecule has 5 nitrogen and oxygen atoms in total. The van der Waals surface area contributed by atoms with E-state index in [1.54, 1.807) is 0 Å². The highest BCUT2D eigenvalue weighted by atomic mass is 32.2. The molecule has 0 amide bonds. The molecule has 0 atom stereocenters. The van der Waals surface area contributed by atoms with Gasteiger partial charge in [-0.1, -0.05) is 6.92 Å². The molecule has 1 saturated carbocycles. The van der Waals surface area contributed by atoms with Gasteiger partial charge < -0.3 is 4.74 Å². The van der Waals surface area contributed by atoms with Crippen molar-refractivity contribution in [2.75, 3.05) is 12.9 Å². The Morgan fingerprint density at radius 3 is 2.44 bits per heavy atom. The van der Waals surface area contributed by atoms with Gasteiger partial charge in [-0.3, -0.25) is 4.79 Å². The van der Waals surface area contributed by atoms with E-state index in [9.17, 15) is 13.2 Å². The summed E-state index contributed by atoms with van der Waals surface area (Å²) in [4.78, 5) is 10.9. The molecule has 106 valence electrons. The molecule has 0 saturated heterocycles. The highest BCUT2D eigenvalue weighted by Crippen LogP contribution is 2.23. The number of esters is 1. The zero-order valence-electron chi connectivity index (χ0n) is 11.1. The van der Waals surface area contributed by atoms with Gasteiger partial charge >= 0.3 is 5.97 Å². The molecule has 0 aromatic heterocycles. The average molecular weight is 277 g/mol. The largest absolute Gasteiger partial charge is 0.469 e. The van der Waals surface area contributed by atoms with E-state index in [-0.39, 0.29) is 24.2 Å². The van der Waals surface area contributed by atoms with Crippen molar-refractivity contribution < 1.29 is 17.9 Å². The first-order valence-electron chi connectivity index (χ1n) is 6.50. The Labute approximate surface area is 109 Å². The number of hydrogen-bond donors (Lipinski definition) is 1. The zero-order valence-corrected chi connectivity index (χ0v) is 12.0. The Morgan fingerprint density at radius 2 is 1.89 bits per heavy atom. The van der Waals surface area contributed by atoms with Gasteiger partial charge in [0.15, 0.2) is 0 Å². The zero-order chi connectivity index (χ0) is 13.6. The van der Waals surface area contributed by atoms with Crippen LogP contribution in [0.1, 0.15) is 45.4 Å². The topological polar surface area (TPSA) is 72.5 Å². The number of rotatable bonds is 6. The molecule has 1 N–H and O–H groups in total. The number of ether oxygens (including phenoxy) is 1. The lowest BCUT2D eigenvalue weighted by Gasteiger charge is -2.26. The molecule has 0 radical (unpaired) electrons. The van der Waals surface area contributed by atoms with Crippen LogP contribution in [0.2, 0.25) is 0 Å². The Balaban J connectivity index is 2.29. The molecule has 18 heavy (non-hydrogen) atoms. The van der Waals surface area contributed by atoms with Gasteiger partial charge in [-0.15, -0.1) is 0 Å². The van der Waals surface area contributed by atoms with Crippen molar-refractivity contribution in [3.8, 4) is 0 Å². The Morgan fingerprint density at radius 1 is 1.28 bits per heavy atom. The van der Waals surface area contributed by atoms with Gasteiger partial charge in [-0.25, -0.2) is 13.1 Å². The number of methoxy groups -OCH3 is 1. The summed E-state index contributed by atoms with van der Waals surface area (Å²) in [7, 11) is -1.96. The summed E-state index contributed by atoms with van der Waals surface area (Å²) in [6.07, 6.45) is 4.45. The van der Waals surface area contributed by atoms with Crippen molar-refractivity contribution in [2.45, 2.75) is 51.5 Å². The van der Waals surface area contributed by atoms with Crippen LogP contribution < -0.4 is 4.72 Å². The number of carbonyl (C=O) groups is 1. The van der Waals surface area contributed by atoms with Crippen LogP contribution in [0.25, 0.3) is 0 Å². The second-order valence-corrected chi connectivity index (χ2v) is 6.95. The molecule has 0 spiro atoms. The van der Waals surface area contributed by atoms with E-state index in [0.717, 1.165) is 25.7 Å². The van der Waals surface area contributed by atoms with Crippen molar-refractivity contribution in [3.63, 3.8) is 0 Å². The van der Waals surface area contributed by atoms with E-state index in [1.165, 1.54) is 7.11 Å². The lowest BCUT2D eigenvalue weighted by atomic mass is 9.88. The summed E-state index contributed by atoms with van der Waals surface area (Å²) in [5, 5.41) is 0. The normalized spacial score (nSPS) is 24.8. The maximum absolute atomic E-state index is 11.8. The van der Waals surface area contributed by atoms with E-state index >= 15 is 0 Å². The summed E-state index contributed by atoms with van der Waals surface area (Å²) < 4.78 is 30.8. The number of hydrogen-bond acceptors (Lipinski definition) is 4. The average Bonchev–Trinajstić information content (AvgIpc) is 2.31. The van der Waals surface area contributed by atoms with Crippen LogP contribution in [-0.4, -0.2) is 33.3 Å². The van der Waals surface area contributed by atoms with Crippen LogP contribution >= 0.6 is 0 Å². The first-order valence-corrected chi connectivity index (χ1v) is 8.15. The summed E-state index contributed by atoms with van der Waals surface area (Å²) >= 11 is 0. The third kappa shape index (κ3) is 5.82. The number of nitrogens with one attached hydrogen (secondary N) is 1. The van der Waals surface area contributed by atoms with Crippen LogP contribution in [0.4, 0.5) is 0 Å². The van der Waals surface area contributed by atoms with Crippen molar-refractivity contribution in [2.24, 2.45) is 5.92 Å². The van der Waals surface area contributed by atoms with Crippen molar-refractivity contribution in [1.29, 1.82) is 0 Å². The molecule has 0 aromatic rings. The van der Waals surface area contributed by atoms with Crippen molar-refractivity contribution >= 4 is 16.0 Å². The molecular weight excluding hydrogens is 254 g/mol. The monoisotopic (exact) mass is 277 g/mol. The van der Waals surface area contributed by atoms with Gasteiger partial charge in [0.05, 0.1) is 12.9 Å². The van der Waals surface area contributed by atoms with Gasteiger partial charge in [0.25, 0.3) is 0 Å². The molecule has 0 bridgehead atoms. The fourth-order valence-corrected chi connectivity index (χ4v) is 3.59. The minimum absolute atomic E-state index is 0.00580. The predicted molar refractivity (Wildman–Crippen MR) is 69.6 cm³/mol. The Hall–Kier alpha value is -0.620. The molecule has 1 rings (SSSR count). The van der Waals surface area contributed by atoms with Gasteiger partial charge in [0.1, 0.15) is 0 Å². The maximum atomic E-state index is 11.8. The van der Waals surface area contributed by atoms with E-state index in [2.05, 4.69) is 16.4 Å². The first kappa shape index (κ1) is 15.4. The Bertz CT molecular complexity index is 358. The molecule has 0 aliphatic heterocycles. The van der Waals surface area contributed by atoms with Gasteiger partial charge in [0, 0.05) is 12.5 Å². The lowest BCUT2D eigenvalue weighted by Crippen LogP contribution is -2.38. The van der Waals surface area contributed by atoms with Crippen LogP contribution in [0.3, 0.4) is 0 Å². The molecular formula is C12H23NO4S. The maximum Gasteiger partial charge on any atom is 0.305 e. The highest BCUT2D eigenvalue weighted by molar-refractivity contribution is 7.89. The van der Waals surface area contributed by atoms with Crippen molar-refractivity contribution in [1.82, 2.24) is 4.72 Å². The second kappa shape index (κ2) is 7.09. The molecule has 1 aliphatic rings. The molecule has 6 heteroatoms. The fraction of sp³-hybridized carbons (Fsp3) is 0.917. The van der Waals surface area contributed by atoms with Gasteiger partial charge in [0.2, 0.25) is 10.0 Å². The molecule has 1 aliphatic carbocycles. The minimum Gasteiger partial charge on any atom is -0.469 e. The lowest BCUT2D eigenvalue weighted by molar-refractivity contribution is -0.140. The van der Waals surface area contributed by atoms with Crippen LogP contribution in [-0.2, 0) is 19.6 Å². The van der Waals surface area contributed by atoms with Crippen LogP contribution in [0, 0.1) is 5.92 Å². The van der Waals surface area contributed by atoms with Crippen molar-refractivity contribution in [3.05, 3.63) is 0 Å². The summed E-state index contributed by atoms with van der Waals surface area (Å²) in [5.74, 6) is 0.329. The van der Waals surface area contributed by atoms with E-state index in [4.69, 9.17) is 0 Å². The van der Waals surface area contributed by atoms with E-state index in [0.29, 0.717) is 12.3 Å². The number of sulfonamides is 1. The summed E-state index contributed by atoms with van der Waals surface area (Å²) in [6, 6.07) is 0.0735. The third-order valence-electron chi connectivity index (χ3n) is 3.38. The molecule has 0 unspecified atom stereocenters. The SMILES string of the molecule is COC(=O)CCCS(=O)(=O)NC1CCC(C)CC1. The quantitative estimate of drug-likeness (QED) is 0.746. The smallest absolute Gasteiger partial charge is 0.305 e. The van der Waals surface area contributed by atoms with Crippen LogP contribution in [0.5, 0.6) is 0 Å². The fourth-order valence-electron chi connectivity index (χ4n) is 2.20. The second-order valence-electron chi connectivity index (χ2n) is 5.07. The molecule has 1 fully saturated rings. The van der Waals surface area contributed by atoms with E-state index in [1.807, 2.05) is 0 Å². The first-order chi connectivity index (χ1) is 8.43. The Kier molecular flexibility index (Phi) is 6.08.